The average molecular weight is 664 g/mol. The van der Waals surface area contributed by atoms with Gasteiger partial charge in [-0.05, 0) is 71.6 Å². The van der Waals surface area contributed by atoms with Crippen molar-refractivity contribution in [1.29, 1.82) is 0 Å². The molecule has 2 atom stereocenters. The summed E-state index contributed by atoms with van der Waals surface area (Å²) in [7, 11) is -3.95. The summed E-state index contributed by atoms with van der Waals surface area (Å²) in [5, 5.41) is 17.5. The van der Waals surface area contributed by atoms with Crippen LogP contribution in [0.2, 0.25) is 0 Å². The van der Waals surface area contributed by atoms with E-state index in [1.165, 1.54) is 10.9 Å². The molecule has 8 rings (SSSR count). The molecule has 0 saturated heterocycles. The maximum atomic E-state index is 15.8. The predicted molar refractivity (Wildman–Crippen MR) is 180 cm³/mol. The highest BCUT2D eigenvalue weighted by molar-refractivity contribution is 7.92. The zero-order chi connectivity index (χ0) is 33.1. The fraction of sp³-hybridized carbons (Fsp3) is 0.243. The molecule has 9 nitrogen and oxygen atoms in total. The number of halogens is 1. The summed E-state index contributed by atoms with van der Waals surface area (Å²) in [6, 6.07) is 27.8. The van der Waals surface area contributed by atoms with Crippen LogP contribution in [0.5, 0.6) is 5.88 Å². The summed E-state index contributed by atoms with van der Waals surface area (Å²) in [4.78, 5) is 14.2. The van der Waals surface area contributed by atoms with Crippen LogP contribution in [-0.4, -0.2) is 37.3 Å². The topological polar surface area (TPSA) is 118 Å². The lowest BCUT2D eigenvalue weighted by Crippen LogP contribution is -2.39. The van der Waals surface area contributed by atoms with Crippen LogP contribution < -0.4 is 14.8 Å². The fourth-order valence-electron chi connectivity index (χ4n) is 7.01. The van der Waals surface area contributed by atoms with E-state index in [9.17, 15) is 14.3 Å². The fourth-order valence-corrected chi connectivity index (χ4v) is 8.84. The Labute approximate surface area is 278 Å². The number of carbonyl (C=O) groups is 1. The van der Waals surface area contributed by atoms with E-state index in [2.05, 4.69) is 15.1 Å². The largest absolute Gasteiger partial charge is 0.466 e. The van der Waals surface area contributed by atoms with Gasteiger partial charge in [-0.15, -0.1) is 0 Å². The van der Waals surface area contributed by atoms with Crippen molar-refractivity contribution in [1.82, 2.24) is 14.5 Å². The van der Waals surface area contributed by atoms with Crippen LogP contribution in [0.15, 0.2) is 106 Å². The number of anilines is 1. The van der Waals surface area contributed by atoms with E-state index in [0.29, 0.717) is 42.5 Å². The van der Waals surface area contributed by atoms with E-state index in [1.54, 1.807) is 6.92 Å². The van der Waals surface area contributed by atoms with E-state index >= 15 is 4.21 Å². The number of amides is 2. The van der Waals surface area contributed by atoms with Crippen LogP contribution in [0, 0.1) is 5.82 Å². The quantitative estimate of drug-likeness (QED) is 0.178. The molecular weight excluding hydrogens is 630 g/mol. The molecule has 5 aromatic rings. The monoisotopic (exact) mass is 663 g/mol. The lowest BCUT2D eigenvalue weighted by molar-refractivity contribution is 0.0399. The van der Waals surface area contributed by atoms with Gasteiger partial charge in [0.2, 0.25) is 5.88 Å². The number of ether oxygens (including phenoxy) is 1. The van der Waals surface area contributed by atoms with Gasteiger partial charge < -0.3 is 15.2 Å². The van der Waals surface area contributed by atoms with E-state index in [1.807, 2.05) is 91.0 Å². The number of hydrogen-bond acceptors (Lipinski definition) is 6. The highest BCUT2D eigenvalue weighted by Gasteiger charge is 2.43. The molecule has 1 aromatic heterocycles. The van der Waals surface area contributed by atoms with Crippen molar-refractivity contribution in [2.24, 2.45) is 4.36 Å². The number of hydrogen-bond donors (Lipinski definition) is 3. The van der Waals surface area contributed by atoms with Crippen molar-refractivity contribution < 1.29 is 23.2 Å². The molecule has 2 heterocycles. The van der Waals surface area contributed by atoms with Gasteiger partial charge in [-0.1, -0.05) is 91.0 Å². The van der Waals surface area contributed by atoms with Crippen LogP contribution in [0.3, 0.4) is 0 Å². The van der Waals surface area contributed by atoms with Crippen molar-refractivity contribution in [3.05, 3.63) is 142 Å². The number of aliphatic hydroxyl groups is 1. The van der Waals surface area contributed by atoms with Crippen LogP contribution in [0.1, 0.15) is 45.9 Å². The molecule has 2 aliphatic carbocycles. The predicted octanol–water partition coefficient (Wildman–Crippen LogP) is 5.92. The number of rotatable bonds is 8. The third-order valence-electron chi connectivity index (χ3n) is 9.64. The minimum absolute atomic E-state index is 0.0714. The summed E-state index contributed by atoms with van der Waals surface area (Å²) in [6.45, 7) is 1.65. The van der Waals surface area contributed by atoms with Crippen molar-refractivity contribution in [2.75, 3.05) is 11.9 Å². The molecule has 0 saturated carbocycles. The van der Waals surface area contributed by atoms with Crippen molar-refractivity contribution >= 4 is 21.6 Å². The molecule has 1 aliphatic heterocycles. The maximum Gasteiger partial charge on any atom is 0.331 e. The number of urea groups is 1. The smallest absolute Gasteiger partial charge is 0.331 e. The number of aromatic nitrogens is 2. The Morgan fingerprint density at radius 2 is 1.42 bits per heavy atom. The molecule has 0 spiro atoms. The van der Waals surface area contributed by atoms with E-state index in [0.717, 1.165) is 27.8 Å². The van der Waals surface area contributed by atoms with Crippen molar-refractivity contribution in [2.45, 2.75) is 55.2 Å². The molecule has 11 heteroatoms. The Kier molecular flexibility index (Phi) is 7.15. The van der Waals surface area contributed by atoms with E-state index in [-0.39, 0.29) is 29.7 Å². The standard InChI is InChI=1S/C37H34FN5O4S/c1-36(23-44)22-43-34(47-36)31(21-39-43)48(46,41-35(45)40-33-29-19-17-27(29)32(38)28-18-20-30(28)33)42-37(24-11-5-2-6-12-24,25-13-7-3-8-14-25)26-15-9-4-10-16-26/h2-16,21,44H,17-20,22-23H2,1H3,(H2,40,41,42,45,46)/t36-,48-/m1/s1. The Hall–Kier alpha value is -5.00. The number of aliphatic hydroxyl groups excluding tert-OH is 1. The van der Waals surface area contributed by atoms with Gasteiger partial charge in [0.1, 0.15) is 16.3 Å². The molecule has 244 valence electrons. The zero-order valence-corrected chi connectivity index (χ0v) is 27.1. The number of nitrogens with zero attached hydrogens (tertiary/aromatic N) is 3. The summed E-state index contributed by atoms with van der Waals surface area (Å²) in [5.74, 6) is -0.0150. The zero-order valence-electron chi connectivity index (χ0n) is 26.3. The van der Waals surface area contributed by atoms with Crippen LogP contribution in [0.25, 0.3) is 0 Å². The second-order valence-corrected chi connectivity index (χ2v) is 14.6. The lowest BCUT2D eigenvalue weighted by Gasteiger charge is -2.34. The Morgan fingerprint density at radius 1 is 0.917 bits per heavy atom. The molecule has 0 bridgehead atoms. The maximum absolute atomic E-state index is 15.8. The second-order valence-electron chi connectivity index (χ2n) is 12.8. The molecular formula is C37H34FN5O4S. The average Bonchev–Trinajstić information content (AvgIpc) is 3.60. The summed E-state index contributed by atoms with van der Waals surface area (Å²) >= 11 is 0. The van der Waals surface area contributed by atoms with Gasteiger partial charge in [-0.2, -0.15) is 9.46 Å². The summed E-state index contributed by atoms with van der Waals surface area (Å²) in [6.07, 6.45) is 3.95. The number of benzene rings is 4. The molecule has 0 radical (unpaired) electrons. The van der Waals surface area contributed by atoms with Crippen molar-refractivity contribution in [3.63, 3.8) is 0 Å². The van der Waals surface area contributed by atoms with Gasteiger partial charge in [0.15, 0.2) is 15.5 Å². The first-order valence-corrected chi connectivity index (χ1v) is 17.5. The van der Waals surface area contributed by atoms with Crippen molar-refractivity contribution in [3.8, 4) is 5.88 Å². The lowest BCUT2D eigenvalue weighted by atomic mass is 9.76. The molecule has 2 amide bonds. The first-order chi connectivity index (χ1) is 23.2. The van der Waals surface area contributed by atoms with Gasteiger partial charge in [0.05, 0.1) is 19.3 Å². The minimum atomic E-state index is -3.95. The SMILES string of the molecule is C[C@]1(CO)Cn2ncc([S@](=O)(=NC(c3ccccc3)(c3ccccc3)c3ccccc3)NC(=O)Nc3c4c(c(F)c5c3CC5)CC4)c2O1. The van der Waals surface area contributed by atoms with Crippen LogP contribution in [-0.2, 0) is 47.7 Å². The molecule has 48 heavy (non-hydrogen) atoms. The summed E-state index contributed by atoms with van der Waals surface area (Å²) < 4.78 is 46.6. The highest BCUT2D eigenvalue weighted by Crippen LogP contribution is 2.45. The first-order valence-electron chi connectivity index (χ1n) is 16.0. The van der Waals surface area contributed by atoms with Gasteiger partial charge in [0, 0.05) is 5.69 Å². The van der Waals surface area contributed by atoms with E-state index in [4.69, 9.17) is 9.10 Å². The molecule has 0 fully saturated rings. The Morgan fingerprint density at radius 3 is 1.88 bits per heavy atom. The van der Waals surface area contributed by atoms with Gasteiger partial charge >= 0.3 is 6.03 Å². The number of carbonyl (C=O) groups excluding carboxylic acids is 1. The first kappa shape index (κ1) is 30.3. The van der Waals surface area contributed by atoms with Crippen LogP contribution >= 0.6 is 0 Å². The van der Waals surface area contributed by atoms with Gasteiger partial charge in [-0.3, -0.25) is 0 Å². The van der Waals surface area contributed by atoms with E-state index < -0.39 is 27.1 Å². The molecule has 3 aliphatic rings. The molecule has 0 unspecified atom stereocenters. The number of nitrogens with one attached hydrogen (secondary N) is 2. The minimum Gasteiger partial charge on any atom is -0.466 e. The summed E-state index contributed by atoms with van der Waals surface area (Å²) in [5.41, 5.74) is 3.22. The highest BCUT2D eigenvalue weighted by atomic mass is 32.2. The van der Waals surface area contributed by atoms with Gasteiger partial charge in [0.25, 0.3) is 0 Å². The van der Waals surface area contributed by atoms with Crippen LogP contribution in [0.4, 0.5) is 14.9 Å². The normalized spacial score (nSPS) is 18.6. The number of fused-ring (bicyclic) bond motifs is 3. The Bertz CT molecular complexity index is 2050. The molecule has 4 aromatic carbocycles. The Balaban J connectivity index is 1.35. The van der Waals surface area contributed by atoms with Gasteiger partial charge in [-0.25, -0.2) is 22.8 Å². The third kappa shape index (κ3) is 4.71. The second kappa shape index (κ2) is 11.3. The third-order valence-corrected chi connectivity index (χ3v) is 11.5. The molecule has 3 N–H and O–H groups in total.